The molecule has 0 saturated carbocycles. The SMILES string of the molecule is C[C@H](OC(=O)c1ccc([N+](=O)[O-])cc1Cl)C(=O)NC(c1ccccc1)c1ccccc1. The second-order valence-corrected chi connectivity index (χ2v) is 7.14. The highest BCUT2D eigenvalue weighted by Gasteiger charge is 2.25. The number of hydrogen-bond donors (Lipinski definition) is 1. The van der Waals surface area contributed by atoms with E-state index in [4.69, 9.17) is 16.3 Å². The normalized spacial score (nSPS) is 11.6. The molecule has 31 heavy (non-hydrogen) atoms. The number of nitro benzene ring substituents is 1. The van der Waals surface area contributed by atoms with E-state index in [-0.39, 0.29) is 16.3 Å². The first kappa shape index (κ1) is 22.0. The van der Waals surface area contributed by atoms with Crippen LogP contribution in [0.2, 0.25) is 5.02 Å². The van der Waals surface area contributed by atoms with E-state index >= 15 is 0 Å². The number of ether oxygens (including phenoxy) is 1. The highest BCUT2D eigenvalue weighted by molar-refractivity contribution is 6.33. The molecule has 0 aliphatic heterocycles. The Labute approximate surface area is 183 Å². The van der Waals surface area contributed by atoms with Crippen LogP contribution in [-0.4, -0.2) is 22.9 Å². The van der Waals surface area contributed by atoms with Gasteiger partial charge < -0.3 is 10.1 Å². The molecule has 0 aliphatic rings. The van der Waals surface area contributed by atoms with Gasteiger partial charge >= 0.3 is 5.97 Å². The van der Waals surface area contributed by atoms with Crippen LogP contribution in [0.4, 0.5) is 5.69 Å². The number of halogens is 1. The van der Waals surface area contributed by atoms with Crippen molar-refractivity contribution in [1.82, 2.24) is 5.32 Å². The number of nitrogens with one attached hydrogen (secondary N) is 1. The van der Waals surface area contributed by atoms with Gasteiger partial charge in [-0.05, 0) is 24.1 Å². The number of carbonyl (C=O) groups excluding carboxylic acids is 2. The molecule has 3 aromatic rings. The van der Waals surface area contributed by atoms with Gasteiger partial charge in [-0.15, -0.1) is 0 Å². The molecule has 3 aromatic carbocycles. The smallest absolute Gasteiger partial charge is 0.340 e. The molecular weight excluding hydrogens is 420 g/mol. The number of benzene rings is 3. The quantitative estimate of drug-likeness (QED) is 0.327. The third kappa shape index (κ3) is 5.46. The Hall–Kier alpha value is -3.71. The lowest BCUT2D eigenvalue weighted by atomic mass is 9.98. The number of rotatable bonds is 7. The Morgan fingerprint density at radius 1 is 0.968 bits per heavy atom. The van der Waals surface area contributed by atoms with E-state index < -0.39 is 28.9 Å². The van der Waals surface area contributed by atoms with Crippen LogP contribution in [-0.2, 0) is 9.53 Å². The van der Waals surface area contributed by atoms with E-state index in [0.29, 0.717) is 0 Å². The highest BCUT2D eigenvalue weighted by atomic mass is 35.5. The molecular formula is C23H19ClN2O5. The summed E-state index contributed by atoms with van der Waals surface area (Å²) in [6.07, 6.45) is -1.12. The molecule has 0 saturated heterocycles. The monoisotopic (exact) mass is 438 g/mol. The minimum absolute atomic E-state index is 0.0606. The third-order valence-corrected chi connectivity index (χ3v) is 4.90. The molecule has 0 spiro atoms. The van der Waals surface area contributed by atoms with Crippen molar-refractivity contribution in [3.05, 3.63) is 111 Å². The minimum Gasteiger partial charge on any atom is -0.449 e. The van der Waals surface area contributed by atoms with Crippen molar-refractivity contribution in [1.29, 1.82) is 0 Å². The van der Waals surface area contributed by atoms with E-state index in [0.717, 1.165) is 23.3 Å². The number of hydrogen-bond acceptors (Lipinski definition) is 5. The number of non-ortho nitro benzene ring substituents is 1. The van der Waals surface area contributed by atoms with Crippen molar-refractivity contribution in [3.8, 4) is 0 Å². The van der Waals surface area contributed by atoms with Crippen molar-refractivity contribution in [2.45, 2.75) is 19.1 Å². The molecule has 158 valence electrons. The van der Waals surface area contributed by atoms with Gasteiger partial charge in [0.05, 0.1) is 21.6 Å². The van der Waals surface area contributed by atoms with Crippen molar-refractivity contribution in [3.63, 3.8) is 0 Å². The standard InChI is InChI=1S/C23H19ClN2O5/c1-15(31-23(28)19-13-12-18(26(29)30)14-20(19)24)22(27)25-21(16-8-4-2-5-9-16)17-10-6-3-7-11-17/h2-15,21H,1H3,(H,25,27)/t15-/m0/s1. The van der Waals surface area contributed by atoms with Crippen LogP contribution in [0, 0.1) is 10.1 Å². The lowest BCUT2D eigenvalue weighted by molar-refractivity contribution is -0.384. The maximum Gasteiger partial charge on any atom is 0.340 e. The summed E-state index contributed by atoms with van der Waals surface area (Å²) in [5, 5.41) is 13.6. The second-order valence-electron chi connectivity index (χ2n) is 6.73. The molecule has 7 nitrogen and oxygen atoms in total. The molecule has 0 heterocycles. The summed E-state index contributed by atoms with van der Waals surface area (Å²) in [6.45, 7) is 1.44. The Morgan fingerprint density at radius 2 is 1.52 bits per heavy atom. The largest absolute Gasteiger partial charge is 0.449 e. The lowest BCUT2D eigenvalue weighted by Gasteiger charge is -2.22. The zero-order valence-corrected chi connectivity index (χ0v) is 17.3. The van der Waals surface area contributed by atoms with E-state index in [1.165, 1.54) is 13.0 Å². The van der Waals surface area contributed by atoms with E-state index in [2.05, 4.69) is 5.32 Å². The van der Waals surface area contributed by atoms with E-state index in [1.54, 1.807) is 0 Å². The van der Waals surface area contributed by atoms with Crippen LogP contribution in [0.1, 0.15) is 34.5 Å². The first-order chi connectivity index (χ1) is 14.9. The fourth-order valence-electron chi connectivity index (χ4n) is 2.97. The Balaban J connectivity index is 1.74. The second kappa shape index (κ2) is 9.86. The predicted octanol–water partition coefficient (Wildman–Crippen LogP) is 4.70. The number of amides is 1. The average molecular weight is 439 g/mol. The highest BCUT2D eigenvalue weighted by Crippen LogP contribution is 2.24. The van der Waals surface area contributed by atoms with Crippen molar-refractivity contribution < 1.29 is 19.2 Å². The summed E-state index contributed by atoms with van der Waals surface area (Å²) in [6, 6.07) is 21.8. The fraction of sp³-hybridized carbons (Fsp3) is 0.130. The van der Waals surface area contributed by atoms with Gasteiger partial charge in [0.1, 0.15) is 0 Å². The molecule has 1 amide bonds. The summed E-state index contributed by atoms with van der Waals surface area (Å²) in [5.74, 6) is -1.34. The number of esters is 1. The number of carbonyl (C=O) groups is 2. The minimum atomic E-state index is -1.12. The summed E-state index contributed by atoms with van der Waals surface area (Å²) in [4.78, 5) is 35.4. The predicted molar refractivity (Wildman–Crippen MR) is 116 cm³/mol. The van der Waals surface area contributed by atoms with Gasteiger partial charge in [-0.1, -0.05) is 72.3 Å². The van der Waals surface area contributed by atoms with Crippen LogP contribution in [0.25, 0.3) is 0 Å². The van der Waals surface area contributed by atoms with Gasteiger partial charge in [0, 0.05) is 12.1 Å². The topological polar surface area (TPSA) is 98.5 Å². The first-order valence-electron chi connectivity index (χ1n) is 9.42. The Morgan fingerprint density at radius 3 is 2.00 bits per heavy atom. The van der Waals surface area contributed by atoms with E-state index in [1.807, 2.05) is 60.7 Å². The van der Waals surface area contributed by atoms with Gasteiger partial charge in [0.25, 0.3) is 11.6 Å². The summed E-state index contributed by atoms with van der Waals surface area (Å²) in [7, 11) is 0. The molecule has 0 fully saturated rings. The Kier molecular flexibility index (Phi) is 6.99. The van der Waals surface area contributed by atoms with Crippen LogP contribution >= 0.6 is 11.6 Å². The average Bonchev–Trinajstić information content (AvgIpc) is 2.78. The van der Waals surface area contributed by atoms with E-state index in [9.17, 15) is 19.7 Å². The molecule has 0 aromatic heterocycles. The van der Waals surface area contributed by atoms with Gasteiger partial charge in [0.2, 0.25) is 0 Å². The van der Waals surface area contributed by atoms with Gasteiger partial charge in [-0.3, -0.25) is 14.9 Å². The third-order valence-electron chi connectivity index (χ3n) is 4.59. The Bertz CT molecular complexity index is 1050. The van der Waals surface area contributed by atoms with Crippen LogP contribution in [0.5, 0.6) is 0 Å². The molecule has 0 radical (unpaired) electrons. The summed E-state index contributed by atoms with van der Waals surface area (Å²) >= 11 is 5.97. The molecule has 0 aliphatic carbocycles. The summed E-state index contributed by atoms with van der Waals surface area (Å²) < 4.78 is 5.25. The lowest BCUT2D eigenvalue weighted by Crippen LogP contribution is -2.38. The maximum absolute atomic E-state index is 12.8. The number of nitrogens with zero attached hydrogens (tertiary/aromatic N) is 1. The van der Waals surface area contributed by atoms with Crippen molar-refractivity contribution in [2.75, 3.05) is 0 Å². The first-order valence-corrected chi connectivity index (χ1v) is 9.80. The fourth-order valence-corrected chi connectivity index (χ4v) is 3.22. The molecule has 1 atom stereocenters. The number of nitro groups is 1. The molecule has 8 heteroatoms. The van der Waals surface area contributed by atoms with Crippen molar-refractivity contribution in [2.24, 2.45) is 0 Å². The molecule has 0 bridgehead atoms. The summed E-state index contributed by atoms with van der Waals surface area (Å²) in [5.41, 5.74) is 1.44. The van der Waals surface area contributed by atoms with Gasteiger partial charge in [-0.2, -0.15) is 0 Å². The van der Waals surface area contributed by atoms with Crippen molar-refractivity contribution >= 4 is 29.2 Å². The molecule has 3 rings (SSSR count). The molecule has 1 N–H and O–H groups in total. The zero-order valence-electron chi connectivity index (χ0n) is 16.5. The van der Waals surface area contributed by atoms with Gasteiger partial charge in [0.15, 0.2) is 6.10 Å². The maximum atomic E-state index is 12.8. The van der Waals surface area contributed by atoms with Crippen LogP contribution in [0.3, 0.4) is 0 Å². The molecule has 0 unspecified atom stereocenters. The van der Waals surface area contributed by atoms with Crippen LogP contribution in [0.15, 0.2) is 78.9 Å². The van der Waals surface area contributed by atoms with Crippen LogP contribution < -0.4 is 5.32 Å². The zero-order chi connectivity index (χ0) is 22.4. The van der Waals surface area contributed by atoms with Gasteiger partial charge in [-0.25, -0.2) is 4.79 Å².